The van der Waals surface area contributed by atoms with Crippen molar-refractivity contribution in [1.82, 2.24) is 13.9 Å². The third kappa shape index (κ3) is 3.12. The number of fused-ring (bicyclic) bond motifs is 2. The molecule has 0 spiro atoms. The van der Waals surface area contributed by atoms with Crippen molar-refractivity contribution in [3.63, 3.8) is 0 Å². The Hall–Kier alpha value is -1.24. The number of hydrogen-bond donors (Lipinski definition) is 2. The van der Waals surface area contributed by atoms with Crippen molar-refractivity contribution in [3.05, 3.63) is 28.3 Å². The number of carbonyl (C=O) groups is 1. The lowest BCUT2D eigenvalue weighted by atomic mass is 9.99. The Morgan fingerprint density at radius 2 is 1.62 bits per heavy atom. The van der Waals surface area contributed by atoms with Crippen molar-refractivity contribution in [1.29, 1.82) is 0 Å². The number of nitrogens with one attached hydrogen (secondary N) is 2. The Bertz CT molecular complexity index is 678. The number of rotatable bonds is 4. The van der Waals surface area contributed by atoms with Gasteiger partial charge in [0.25, 0.3) is 0 Å². The summed E-state index contributed by atoms with van der Waals surface area (Å²) in [6, 6.07) is 3.02. The Morgan fingerprint density at radius 1 is 0.962 bits per heavy atom. The molecule has 0 unspecified atom stereocenters. The number of hydrogen-bond acceptors (Lipinski definition) is 4. The number of urea groups is 1. The molecule has 140 valence electrons. The van der Waals surface area contributed by atoms with Crippen molar-refractivity contribution in [2.75, 3.05) is 31.5 Å². The van der Waals surface area contributed by atoms with Gasteiger partial charge in [-0.2, -0.15) is 0 Å². The molecule has 4 aliphatic rings. The van der Waals surface area contributed by atoms with Crippen LogP contribution in [0.3, 0.4) is 0 Å². The zero-order valence-electron chi connectivity index (χ0n) is 15.4. The van der Waals surface area contributed by atoms with E-state index in [1.54, 1.807) is 0 Å². The Balaban J connectivity index is 1.17. The lowest BCUT2D eigenvalue weighted by Gasteiger charge is -2.42. The average molecular weight is 373 g/mol. The van der Waals surface area contributed by atoms with Crippen LogP contribution in [-0.2, 0) is 25.7 Å². The van der Waals surface area contributed by atoms with E-state index in [1.807, 2.05) is 0 Å². The summed E-state index contributed by atoms with van der Waals surface area (Å²) in [6.07, 6.45) is 9.67. The van der Waals surface area contributed by atoms with Crippen LogP contribution in [0.4, 0.5) is 10.5 Å². The van der Waals surface area contributed by atoms with Crippen LogP contribution < -0.4 is 10.0 Å². The summed E-state index contributed by atoms with van der Waals surface area (Å²) in [7, 11) is 0. The second-order valence-electron chi connectivity index (χ2n) is 8.13. The second kappa shape index (κ2) is 7.06. The number of amides is 2. The highest BCUT2D eigenvalue weighted by molar-refractivity contribution is 7.95. The molecule has 2 aliphatic heterocycles. The first kappa shape index (κ1) is 16.9. The van der Waals surface area contributed by atoms with Gasteiger partial charge in [0.1, 0.15) is 0 Å². The van der Waals surface area contributed by atoms with E-state index in [0.717, 1.165) is 31.6 Å². The second-order valence-corrected chi connectivity index (χ2v) is 9.03. The fourth-order valence-corrected chi connectivity index (χ4v) is 5.80. The molecule has 1 aromatic rings. The molecule has 2 amide bonds. The minimum Gasteiger partial charge on any atom is -0.307 e. The summed E-state index contributed by atoms with van der Waals surface area (Å²) in [5, 5.41) is 3.20. The van der Waals surface area contributed by atoms with E-state index in [-0.39, 0.29) is 6.03 Å². The average Bonchev–Trinajstić information content (AvgIpc) is 3.34. The molecule has 0 saturated carbocycles. The van der Waals surface area contributed by atoms with Crippen molar-refractivity contribution >= 4 is 23.9 Å². The maximum absolute atomic E-state index is 12.5. The van der Waals surface area contributed by atoms with E-state index >= 15 is 0 Å². The van der Waals surface area contributed by atoms with Crippen LogP contribution in [0.2, 0.25) is 0 Å². The third-order valence-electron chi connectivity index (χ3n) is 6.46. The first-order valence-electron chi connectivity index (χ1n) is 10.2. The molecule has 0 aromatic heterocycles. The topological polar surface area (TPSA) is 47.6 Å². The van der Waals surface area contributed by atoms with Gasteiger partial charge in [-0.25, -0.2) is 9.10 Å². The van der Waals surface area contributed by atoms with Gasteiger partial charge in [0, 0.05) is 37.0 Å². The molecule has 5 rings (SSSR count). The minimum absolute atomic E-state index is 0.0750. The van der Waals surface area contributed by atoms with Gasteiger partial charge in [-0.05, 0) is 86.7 Å². The predicted molar refractivity (Wildman–Crippen MR) is 106 cm³/mol. The van der Waals surface area contributed by atoms with Gasteiger partial charge < -0.3 is 5.32 Å². The molecule has 6 heteroatoms. The third-order valence-corrected chi connectivity index (χ3v) is 7.30. The van der Waals surface area contributed by atoms with E-state index in [9.17, 15) is 4.79 Å². The van der Waals surface area contributed by atoms with E-state index < -0.39 is 0 Å². The molecular formula is C20H28N4OS. The van der Waals surface area contributed by atoms with Crippen LogP contribution in [0.15, 0.2) is 6.07 Å². The fourth-order valence-electron chi connectivity index (χ4n) is 5.04. The fraction of sp³-hybridized carbons (Fsp3) is 0.650. The van der Waals surface area contributed by atoms with Crippen molar-refractivity contribution < 1.29 is 4.79 Å². The highest BCUT2D eigenvalue weighted by atomic mass is 32.2. The summed E-state index contributed by atoms with van der Waals surface area (Å²) in [6.45, 7) is 4.62. The van der Waals surface area contributed by atoms with E-state index in [4.69, 9.17) is 0 Å². The zero-order valence-corrected chi connectivity index (χ0v) is 16.2. The van der Waals surface area contributed by atoms with Gasteiger partial charge >= 0.3 is 6.03 Å². The molecular weight excluding hydrogens is 344 g/mol. The number of nitrogens with zero attached hydrogens (tertiary/aromatic N) is 2. The van der Waals surface area contributed by atoms with Crippen LogP contribution in [-0.4, -0.2) is 47.5 Å². The van der Waals surface area contributed by atoms with Gasteiger partial charge in [-0.15, -0.1) is 0 Å². The van der Waals surface area contributed by atoms with Gasteiger partial charge in [0.15, 0.2) is 0 Å². The normalized spacial score (nSPS) is 22.9. The molecule has 0 bridgehead atoms. The van der Waals surface area contributed by atoms with Crippen LogP contribution in [0.25, 0.3) is 0 Å². The summed E-state index contributed by atoms with van der Waals surface area (Å²) >= 11 is 1.46. The SMILES string of the molecule is O=C(NSN1CC(N2CCCC2)C1)Nc1c2c(cc3c1CCC3)CCC2. The standard InChI is InChI=1S/C20H28N4OS/c25-20(22-26-24-12-16(13-24)23-9-1-2-10-23)21-19-17-7-3-5-14(17)11-15-6-4-8-18(15)19/h11,16H,1-10,12-13H2,(H2,21,22,25). The lowest BCUT2D eigenvalue weighted by Crippen LogP contribution is -2.56. The molecule has 2 N–H and O–H groups in total. The summed E-state index contributed by atoms with van der Waals surface area (Å²) < 4.78 is 5.25. The maximum Gasteiger partial charge on any atom is 0.330 e. The van der Waals surface area contributed by atoms with Crippen LogP contribution in [0, 0.1) is 0 Å². The number of anilines is 1. The van der Waals surface area contributed by atoms with E-state index in [1.165, 1.54) is 86.0 Å². The van der Waals surface area contributed by atoms with Gasteiger partial charge in [-0.3, -0.25) is 9.62 Å². The molecule has 0 atom stereocenters. The Morgan fingerprint density at radius 3 is 2.27 bits per heavy atom. The smallest absolute Gasteiger partial charge is 0.307 e. The van der Waals surface area contributed by atoms with E-state index in [0.29, 0.717) is 6.04 Å². The molecule has 2 heterocycles. The molecule has 26 heavy (non-hydrogen) atoms. The number of carbonyl (C=O) groups excluding carboxylic acids is 1. The Kier molecular flexibility index (Phi) is 4.59. The predicted octanol–water partition coefficient (Wildman–Crippen LogP) is 3.13. The first-order chi connectivity index (χ1) is 12.8. The molecule has 2 fully saturated rings. The van der Waals surface area contributed by atoms with Crippen molar-refractivity contribution in [2.45, 2.75) is 57.4 Å². The number of likely N-dealkylation sites (tertiary alicyclic amines) is 1. The van der Waals surface area contributed by atoms with Crippen molar-refractivity contribution in [3.8, 4) is 0 Å². The van der Waals surface area contributed by atoms with Gasteiger partial charge in [0.05, 0.1) is 0 Å². The van der Waals surface area contributed by atoms with Crippen LogP contribution in [0.1, 0.15) is 47.9 Å². The Labute approximate surface area is 160 Å². The number of benzene rings is 1. The first-order valence-corrected chi connectivity index (χ1v) is 10.9. The number of aryl methyl sites for hydroxylation is 2. The summed E-state index contributed by atoms with van der Waals surface area (Å²) in [4.78, 5) is 15.1. The monoisotopic (exact) mass is 372 g/mol. The lowest BCUT2D eigenvalue weighted by molar-refractivity contribution is 0.118. The van der Waals surface area contributed by atoms with Gasteiger partial charge in [0.2, 0.25) is 0 Å². The minimum atomic E-state index is -0.0750. The highest BCUT2D eigenvalue weighted by Crippen LogP contribution is 2.38. The quantitative estimate of drug-likeness (QED) is 0.797. The summed E-state index contributed by atoms with van der Waals surface area (Å²) in [5.74, 6) is 0. The van der Waals surface area contributed by atoms with Crippen LogP contribution in [0.5, 0.6) is 0 Å². The zero-order chi connectivity index (χ0) is 17.5. The highest BCUT2D eigenvalue weighted by Gasteiger charge is 2.34. The summed E-state index contributed by atoms with van der Waals surface area (Å²) in [5.41, 5.74) is 6.84. The molecule has 2 saturated heterocycles. The molecule has 0 radical (unpaired) electrons. The molecule has 1 aromatic carbocycles. The van der Waals surface area contributed by atoms with Crippen molar-refractivity contribution in [2.24, 2.45) is 0 Å². The van der Waals surface area contributed by atoms with Crippen LogP contribution >= 0.6 is 12.1 Å². The van der Waals surface area contributed by atoms with E-state index in [2.05, 4.69) is 25.3 Å². The van der Waals surface area contributed by atoms with Gasteiger partial charge in [-0.1, -0.05) is 6.07 Å². The maximum atomic E-state index is 12.5. The molecule has 2 aliphatic carbocycles. The largest absolute Gasteiger partial charge is 0.330 e. The molecule has 5 nitrogen and oxygen atoms in total.